The third-order valence-corrected chi connectivity index (χ3v) is 3.97. The highest BCUT2D eigenvalue weighted by molar-refractivity contribution is 6.34. The predicted octanol–water partition coefficient (Wildman–Crippen LogP) is 5.31. The second-order valence-corrected chi connectivity index (χ2v) is 6.11. The molecular weight excluding hydrogens is 423 g/mol. The van der Waals surface area contributed by atoms with Crippen LogP contribution in [0.3, 0.4) is 0 Å². The molecule has 1 N–H and O–H groups in total. The fraction of sp³-hybridized carbons (Fsp3) is 0.267. The fourth-order valence-electron chi connectivity index (χ4n) is 2.13. The van der Waals surface area contributed by atoms with Crippen LogP contribution in [0.2, 0.25) is 10.0 Å². The van der Waals surface area contributed by atoms with E-state index in [1.54, 1.807) is 0 Å². The first-order valence-corrected chi connectivity index (χ1v) is 7.83. The molecular formula is C15H9Cl2F6N3O. The third kappa shape index (κ3) is 4.81. The van der Waals surface area contributed by atoms with Gasteiger partial charge in [-0.05, 0) is 19.1 Å². The second kappa shape index (κ2) is 7.51. The topological polar surface area (TPSA) is 54.9 Å². The molecule has 0 aromatic carbocycles. The van der Waals surface area contributed by atoms with Crippen molar-refractivity contribution in [2.45, 2.75) is 25.3 Å². The zero-order chi connectivity index (χ0) is 20.6. The van der Waals surface area contributed by atoms with Crippen LogP contribution in [0.25, 0.3) is 0 Å². The van der Waals surface area contributed by atoms with Gasteiger partial charge >= 0.3 is 12.4 Å². The number of nitrogens with one attached hydrogen (secondary N) is 1. The van der Waals surface area contributed by atoms with Crippen LogP contribution in [0.4, 0.5) is 26.3 Å². The molecule has 0 saturated heterocycles. The highest BCUT2D eigenvalue weighted by atomic mass is 35.5. The summed E-state index contributed by atoms with van der Waals surface area (Å²) in [5, 5.41) is 1.27. The standard InChI is InChI=1S/C15H9Cl2F6N3O/c1-6(11-9(17)4-7(5-25-11)14(18,19)20)26-13(27)10-8(16)2-3-24-12(10)15(21,22)23/h2-6H,1H3,(H,26,27). The van der Waals surface area contributed by atoms with Gasteiger partial charge in [-0.3, -0.25) is 14.8 Å². The van der Waals surface area contributed by atoms with Gasteiger partial charge in [0, 0.05) is 12.4 Å². The smallest absolute Gasteiger partial charge is 0.344 e. The van der Waals surface area contributed by atoms with Crippen molar-refractivity contribution in [1.82, 2.24) is 15.3 Å². The van der Waals surface area contributed by atoms with Gasteiger partial charge in [0.15, 0.2) is 5.69 Å². The van der Waals surface area contributed by atoms with Crippen LogP contribution in [-0.2, 0) is 12.4 Å². The van der Waals surface area contributed by atoms with E-state index in [1.165, 1.54) is 6.92 Å². The van der Waals surface area contributed by atoms with Crippen molar-refractivity contribution >= 4 is 29.1 Å². The molecule has 2 rings (SSSR count). The number of carbonyl (C=O) groups is 1. The monoisotopic (exact) mass is 431 g/mol. The van der Waals surface area contributed by atoms with E-state index in [0.717, 1.165) is 12.3 Å². The van der Waals surface area contributed by atoms with Gasteiger partial charge in [-0.15, -0.1) is 0 Å². The normalized spacial score (nSPS) is 13.4. The van der Waals surface area contributed by atoms with Crippen LogP contribution in [-0.4, -0.2) is 15.9 Å². The Labute approximate surface area is 158 Å². The Morgan fingerprint density at radius 1 is 1.07 bits per heavy atom. The second-order valence-electron chi connectivity index (χ2n) is 5.30. The van der Waals surface area contributed by atoms with E-state index < -0.39 is 51.2 Å². The zero-order valence-electron chi connectivity index (χ0n) is 13.2. The molecule has 2 aromatic heterocycles. The molecule has 146 valence electrons. The Kier molecular flexibility index (Phi) is 5.91. The lowest BCUT2D eigenvalue weighted by Gasteiger charge is -2.18. The lowest BCUT2D eigenvalue weighted by Crippen LogP contribution is -2.30. The number of rotatable bonds is 3. The zero-order valence-corrected chi connectivity index (χ0v) is 14.7. The molecule has 4 nitrogen and oxygen atoms in total. The van der Waals surface area contributed by atoms with Crippen molar-refractivity contribution < 1.29 is 31.1 Å². The van der Waals surface area contributed by atoms with Gasteiger partial charge < -0.3 is 5.32 Å². The SMILES string of the molecule is CC(NC(=O)c1c(Cl)ccnc1C(F)(F)F)c1ncc(C(F)(F)F)cc1Cl. The summed E-state index contributed by atoms with van der Waals surface area (Å²) in [5.41, 5.74) is -3.68. The van der Waals surface area contributed by atoms with E-state index in [0.29, 0.717) is 12.3 Å². The number of pyridine rings is 2. The van der Waals surface area contributed by atoms with Crippen LogP contribution < -0.4 is 5.32 Å². The van der Waals surface area contributed by atoms with Gasteiger partial charge in [0.2, 0.25) is 0 Å². The Bertz CT molecular complexity index is 870. The molecule has 0 bridgehead atoms. The van der Waals surface area contributed by atoms with E-state index in [9.17, 15) is 31.1 Å². The predicted molar refractivity (Wildman–Crippen MR) is 84.4 cm³/mol. The molecule has 0 spiro atoms. The maximum Gasteiger partial charge on any atom is 0.434 e. The minimum atomic E-state index is -4.94. The summed E-state index contributed by atoms with van der Waals surface area (Å²) in [5.74, 6) is -1.23. The summed E-state index contributed by atoms with van der Waals surface area (Å²) in [6.45, 7) is 1.29. The largest absolute Gasteiger partial charge is 0.434 e. The molecule has 0 aliphatic carbocycles. The quantitative estimate of drug-likeness (QED) is 0.669. The van der Waals surface area contributed by atoms with E-state index in [-0.39, 0.29) is 5.69 Å². The average molecular weight is 432 g/mol. The fourth-order valence-corrected chi connectivity index (χ4v) is 2.69. The summed E-state index contributed by atoms with van der Waals surface area (Å²) in [6.07, 6.45) is -8.32. The molecule has 0 aliphatic heterocycles. The maximum atomic E-state index is 13.0. The van der Waals surface area contributed by atoms with Crippen molar-refractivity contribution in [2.75, 3.05) is 0 Å². The Hall–Kier alpha value is -2.07. The summed E-state index contributed by atoms with van der Waals surface area (Å²) < 4.78 is 77.0. The summed E-state index contributed by atoms with van der Waals surface area (Å²) >= 11 is 11.5. The number of halogens is 8. The molecule has 1 amide bonds. The van der Waals surface area contributed by atoms with Gasteiger partial charge in [-0.2, -0.15) is 26.3 Å². The van der Waals surface area contributed by atoms with Gasteiger partial charge in [0.25, 0.3) is 5.91 Å². The average Bonchev–Trinajstić information content (AvgIpc) is 2.52. The Morgan fingerprint density at radius 3 is 2.22 bits per heavy atom. The molecule has 27 heavy (non-hydrogen) atoms. The van der Waals surface area contributed by atoms with Crippen molar-refractivity contribution in [3.8, 4) is 0 Å². The van der Waals surface area contributed by atoms with Gasteiger partial charge in [-0.25, -0.2) is 0 Å². The van der Waals surface area contributed by atoms with Gasteiger partial charge in [0.1, 0.15) is 0 Å². The van der Waals surface area contributed by atoms with Crippen LogP contribution in [0.15, 0.2) is 24.5 Å². The summed E-state index contributed by atoms with van der Waals surface area (Å²) in [7, 11) is 0. The Balaban J connectivity index is 2.32. The first kappa shape index (κ1) is 21.2. The first-order chi connectivity index (χ1) is 12.3. The number of hydrogen-bond acceptors (Lipinski definition) is 3. The minimum Gasteiger partial charge on any atom is -0.344 e. The molecule has 0 saturated carbocycles. The van der Waals surface area contributed by atoms with E-state index in [2.05, 4.69) is 15.3 Å². The lowest BCUT2D eigenvalue weighted by atomic mass is 10.1. The molecule has 2 heterocycles. The molecule has 0 aliphatic rings. The number of amides is 1. The number of nitrogens with zero attached hydrogens (tertiary/aromatic N) is 2. The molecule has 1 atom stereocenters. The summed E-state index contributed by atoms with van der Waals surface area (Å²) in [4.78, 5) is 18.9. The Morgan fingerprint density at radius 2 is 1.70 bits per heavy atom. The van der Waals surface area contributed by atoms with Crippen LogP contribution >= 0.6 is 23.2 Å². The van der Waals surface area contributed by atoms with Crippen molar-refractivity contribution in [3.63, 3.8) is 0 Å². The van der Waals surface area contributed by atoms with Crippen LogP contribution in [0.5, 0.6) is 0 Å². The lowest BCUT2D eigenvalue weighted by molar-refractivity contribution is -0.141. The number of aromatic nitrogens is 2. The summed E-state index contributed by atoms with van der Waals surface area (Å²) in [6, 6.07) is 0.495. The van der Waals surface area contributed by atoms with Crippen molar-refractivity contribution in [2.24, 2.45) is 0 Å². The van der Waals surface area contributed by atoms with Crippen molar-refractivity contribution in [3.05, 3.63) is 57.1 Å². The highest BCUT2D eigenvalue weighted by Gasteiger charge is 2.39. The number of carbonyl (C=O) groups excluding carboxylic acids is 1. The van der Waals surface area contributed by atoms with Gasteiger partial charge in [0.05, 0.1) is 32.9 Å². The number of alkyl halides is 6. The van der Waals surface area contributed by atoms with E-state index in [1.807, 2.05) is 0 Å². The third-order valence-electron chi connectivity index (χ3n) is 3.35. The maximum absolute atomic E-state index is 13.0. The number of hydrogen-bond donors (Lipinski definition) is 1. The molecule has 12 heteroatoms. The van der Waals surface area contributed by atoms with Crippen LogP contribution in [0.1, 0.15) is 40.3 Å². The first-order valence-electron chi connectivity index (χ1n) is 7.07. The van der Waals surface area contributed by atoms with E-state index in [4.69, 9.17) is 23.2 Å². The van der Waals surface area contributed by atoms with Gasteiger partial charge in [-0.1, -0.05) is 23.2 Å². The minimum absolute atomic E-state index is 0.161. The molecule has 2 aromatic rings. The molecule has 1 unspecified atom stereocenters. The van der Waals surface area contributed by atoms with Crippen molar-refractivity contribution in [1.29, 1.82) is 0 Å². The molecule has 0 radical (unpaired) electrons. The highest BCUT2D eigenvalue weighted by Crippen LogP contribution is 2.34. The van der Waals surface area contributed by atoms with E-state index >= 15 is 0 Å². The molecule has 0 fully saturated rings. The van der Waals surface area contributed by atoms with Crippen LogP contribution in [0, 0.1) is 0 Å².